The van der Waals surface area contributed by atoms with Gasteiger partial charge in [-0.1, -0.05) is 60.7 Å². The molecule has 0 saturated heterocycles. The molecule has 0 radical (unpaired) electrons. The first kappa shape index (κ1) is 21.4. The van der Waals surface area contributed by atoms with Crippen LogP contribution in [0.2, 0.25) is 0 Å². The fraction of sp³-hybridized carbons (Fsp3) is 0.0385. The number of nitrogens with zero attached hydrogens (tertiary/aromatic N) is 1. The van der Waals surface area contributed by atoms with Crippen molar-refractivity contribution in [1.82, 2.24) is 0 Å². The molecule has 1 heterocycles. The Balaban J connectivity index is 1.59. The lowest BCUT2D eigenvalue weighted by atomic mass is 9.98. The minimum atomic E-state index is -0.667. The fourth-order valence-electron chi connectivity index (χ4n) is 3.30. The molecule has 0 fully saturated rings. The highest BCUT2D eigenvalue weighted by atomic mass is 16.5. The number of nitrogen functional groups attached to an aromatic ring is 1. The summed E-state index contributed by atoms with van der Waals surface area (Å²) >= 11 is 0. The van der Waals surface area contributed by atoms with Crippen molar-refractivity contribution in [3.63, 3.8) is 0 Å². The van der Waals surface area contributed by atoms with E-state index in [0.717, 1.165) is 11.1 Å². The molecule has 7 nitrogen and oxygen atoms in total. The molecule has 33 heavy (non-hydrogen) atoms. The Kier molecular flexibility index (Phi) is 6.19. The van der Waals surface area contributed by atoms with Crippen LogP contribution >= 0.6 is 0 Å². The first-order valence-corrected chi connectivity index (χ1v) is 10.1. The van der Waals surface area contributed by atoms with Crippen molar-refractivity contribution in [2.45, 2.75) is 0 Å². The molecule has 0 saturated carbocycles. The summed E-state index contributed by atoms with van der Waals surface area (Å²) in [6.07, 6.45) is 0. The highest BCUT2D eigenvalue weighted by molar-refractivity contribution is 5.98. The van der Waals surface area contributed by atoms with Crippen LogP contribution in [0.1, 0.15) is 15.9 Å². The third-order valence-corrected chi connectivity index (χ3v) is 4.85. The lowest BCUT2D eigenvalue weighted by Crippen LogP contribution is -2.21. The van der Waals surface area contributed by atoms with Gasteiger partial charge in [0.05, 0.1) is 5.56 Å². The van der Waals surface area contributed by atoms with Gasteiger partial charge in [0.2, 0.25) is 5.88 Å². The molecule has 0 unspecified atom stereocenters. The highest BCUT2D eigenvalue weighted by Crippen LogP contribution is 2.41. The van der Waals surface area contributed by atoms with Crippen LogP contribution in [-0.4, -0.2) is 18.5 Å². The van der Waals surface area contributed by atoms with Gasteiger partial charge in [0.25, 0.3) is 5.91 Å². The number of furan rings is 1. The largest absolute Gasteiger partial charge is 0.452 e. The van der Waals surface area contributed by atoms with E-state index < -0.39 is 18.5 Å². The zero-order valence-corrected chi connectivity index (χ0v) is 17.4. The second-order valence-electron chi connectivity index (χ2n) is 7.10. The SMILES string of the molecule is N#Cc1c(NC(=O)COC(=O)c2ccc(N)cc2)oc(-c2ccccc2)c1-c1ccccc1. The molecule has 7 heteroatoms. The normalized spacial score (nSPS) is 10.3. The minimum Gasteiger partial charge on any atom is -0.452 e. The van der Waals surface area contributed by atoms with Gasteiger partial charge in [-0.2, -0.15) is 5.26 Å². The van der Waals surface area contributed by atoms with Crippen molar-refractivity contribution < 1.29 is 18.7 Å². The van der Waals surface area contributed by atoms with Crippen LogP contribution in [0.3, 0.4) is 0 Å². The maximum absolute atomic E-state index is 12.5. The van der Waals surface area contributed by atoms with Gasteiger partial charge >= 0.3 is 5.97 Å². The zero-order valence-electron chi connectivity index (χ0n) is 17.4. The summed E-state index contributed by atoms with van der Waals surface area (Å²) in [6, 6.07) is 26.9. The summed E-state index contributed by atoms with van der Waals surface area (Å²) in [5.74, 6) is -0.862. The van der Waals surface area contributed by atoms with E-state index in [1.54, 1.807) is 12.1 Å². The Bertz CT molecular complexity index is 1320. The number of hydrogen-bond acceptors (Lipinski definition) is 6. The Morgan fingerprint density at radius 3 is 2.12 bits per heavy atom. The van der Waals surface area contributed by atoms with Crippen molar-refractivity contribution in [2.24, 2.45) is 0 Å². The second-order valence-corrected chi connectivity index (χ2v) is 7.10. The van der Waals surface area contributed by atoms with E-state index in [2.05, 4.69) is 11.4 Å². The molecule has 3 N–H and O–H groups in total. The van der Waals surface area contributed by atoms with E-state index in [1.165, 1.54) is 12.1 Å². The highest BCUT2D eigenvalue weighted by Gasteiger charge is 2.24. The quantitative estimate of drug-likeness (QED) is 0.328. The Hall–Kier alpha value is -4.83. The molecule has 1 amide bonds. The monoisotopic (exact) mass is 437 g/mol. The van der Waals surface area contributed by atoms with E-state index in [4.69, 9.17) is 14.9 Å². The van der Waals surface area contributed by atoms with Crippen LogP contribution < -0.4 is 11.1 Å². The molecular weight excluding hydrogens is 418 g/mol. The average Bonchev–Trinajstić information content (AvgIpc) is 3.22. The van der Waals surface area contributed by atoms with Crippen LogP contribution in [0.4, 0.5) is 11.6 Å². The molecule has 0 spiro atoms. The van der Waals surface area contributed by atoms with Gasteiger partial charge < -0.3 is 14.9 Å². The standard InChI is InChI=1S/C26H19N3O4/c27-15-21-23(17-7-3-1-4-8-17)24(18-9-5-2-6-10-18)33-25(21)29-22(30)16-32-26(31)19-11-13-20(28)14-12-19/h1-14H,16,28H2,(H,29,30). The Morgan fingerprint density at radius 2 is 1.52 bits per heavy atom. The number of nitrogens with two attached hydrogens (primary N) is 1. The third-order valence-electron chi connectivity index (χ3n) is 4.85. The lowest BCUT2D eigenvalue weighted by molar-refractivity contribution is -0.119. The maximum Gasteiger partial charge on any atom is 0.338 e. The molecule has 0 bridgehead atoms. The van der Waals surface area contributed by atoms with Gasteiger partial charge in [-0.3, -0.25) is 10.1 Å². The predicted octanol–water partition coefficient (Wildman–Crippen LogP) is 4.86. The summed E-state index contributed by atoms with van der Waals surface area (Å²) < 4.78 is 11.0. The molecule has 4 aromatic rings. The third kappa shape index (κ3) is 4.75. The summed E-state index contributed by atoms with van der Waals surface area (Å²) in [5, 5.41) is 12.4. The molecule has 162 valence electrons. The van der Waals surface area contributed by atoms with Gasteiger partial charge in [0, 0.05) is 16.8 Å². The summed E-state index contributed by atoms with van der Waals surface area (Å²) in [6.45, 7) is -0.546. The van der Waals surface area contributed by atoms with Crippen molar-refractivity contribution in [3.05, 3.63) is 96.1 Å². The topological polar surface area (TPSA) is 118 Å². The number of carbonyl (C=O) groups excluding carboxylic acids is 2. The summed E-state index contributed by atoms with van der Waals surface area (Å²) in [5.41, 5.74) is 8.66. The summed E-state index contributed by atoms with van der Waals surface area (Å²) in [7, 11) is 0. The van der Waals surface area contributed by atoms with Crippen molar-refractivity contribution >= 4 is 23.4 Å². The summed E-state index contributed by atoms with van der Waals surface area (Å²) in [4.78, 5) is 24.6. The van der Waals surface area contributed by atoms with Gasteiger partial charge in [-0.15, -0.1) is 0 Å². The number of carbonyl (C=O) groups is 2. The number of nitriles is 1. The van der Waals surface area contributed by atoms with E-state index in [9.17, 15) is 14.9 Å². The Morgan fingerprint density at radius 1 is 0.909 bits per heavy atom. The average molecular weight is 437 g/mol. The van der Waals surface area contributed by atoms with Crippen LogP contribution in [0, 0.1) is 11.3 Å². The van der Waals surface area contributed by atoms with E-state index in [0.29, 0.717) is 17.0 Å². The zero-order chi connectivity index (χ0) is 23.2. The molecule has 0 aliphatic rings. The fourth-order valence-corrected chi connectivity index (χ4v) is 3.30. The molecule has 4 rings (SSSR count). The molecule has 0 atom stereocenters. The molecule has 0 aliphatic carbocycles. The molecule has 0 aliphatic heterocycles. The number of hydrogen-bond donors (Lipinski definition) is 2. The number of benzene rings is 3. The van der Waals surface area contributed by atoms with Gasteiger partial charge in [-0.25, -0.2) is 4.79 Å². The van der Waals surface area contributed by atoms with Crippen molar-refractivity contribution in [1.29, 1.82) is 5.26 Å². The van der Waals surface area contributed by atoms with E-state index in [-0.39, 0.29) is 17.0 Å². The van der Waals surface area contributed by atoms with Crippen molar-refractivity contribution in [3.8, 4) is 28.5 Å². The first-order valence-electron chi connectivity index (χ1n) is 10.1. The first-order chi connectivity index (χ1) is 16.1. The number of esters is 1. The van der Waals surface area contributed by atoms with Crippen LogP contribution in [-0.2, 0) is 9.53 Å². The van der Waals surface area contributed by atoms with Gasteiger partial charge in [0.15, 0.2) is 6.61 Å². The minimum absolute atomic E-state index is 0.0104. The van der Waals surface area contributed by atoms with Crippen molar-refractivity contribution in [2.75, 3.05) is 17.7 Å². The number of nitrogens with one attached hydrogen (secondary N) is 1. The Labute approximate surface area is 190 Å². The van der Waals surface area contributed by atoms with Gasteiger partial charge in [0.1, 0.15) is 17.4 Å². The number of rotatable bonds is 6. The lowest BCUT2D eigenvalue weighted by Gasteiger charge is -2.05. The number of amides is 1. The van der Waals surface area contributed by atoms with Crippen LogP contribution in [0.15, 0.2) is 89.3 Å². The smallest absolute Gasteiger partial charge is 0.338 e. The molecule has 1 aromatic heterocycles. The maximum atomic E-state index is 12.5. The van der Waals surface area contributed by atoms with E-state index >= 15 is 0 Å². The second kappa shape index (κ2) is 9.54. The van der Waals surface area contributed by atoms with Crippen LogP contribution in [0.5, 0.6) is 0 Å². The molecule has 3 aromatic carbocycles. The predicted molar refractivity (Wildman–Crippen MR) is 124 cm³/mol. The number of anilines is 2. The van der Waals surface area contributed by atoms with Crippen LogP contribution in [0.25, 0.3) is 22.5 Å². The molecular formula is C26H19N3O4. The van der Waals surface area contributed by atoms with Gasteiger partial charge in [-0.05, 0) is 29.8 Å². The van der Waals surface area contributed by atoms with E-state index in [1.807, 2.05) is 60.7 Å². The number of ether oxygens (including phenoxy) is 1.